The second-order valence-electron chi connectivity index (χ2n) is 6.30. The van der Waals surface area contributed by atoms with Crippen LogP contribution in [0.25, 0.3) is 0 Å². The molecular formula is C19H25FN6O2. The first-order chi connectivity index (χ1) is 13.3. The average Bonchev–Trinajstić information content (AvgIpc) is 2.66. The number of hydrogen-bond acceptors (Lipinski definition) is 6. The number of nitrogens with zero attached hydrogens (tertiary/aromatic N) is 2. The van der Waals surface area contributed by atoms with Crippen molar-refractivity contribution in [2.75, 3.05) is 18.9 Å². The van der Waals surface area contributed by atoms with E-state index in [0.717, 1.165) is 0 Å². The molecule has 0 aliphatic rings. The number of rotatable bonds is 9. The van der Waals surface area contributed by atoms with Crippen LogP contribution in [-0.4, -0.2) is 41.4 Å². The van der Waals surface area contributed by atoms with Gasteiger partial charge in [-0.25, -0.2) is 14.4 Å². The van der Waals surface area contributed by atoms with Crippen molar-refractivity contribution < 1.29 is 14.0 Å². The summed E-state index contributed by atoms with van der Waals surface area (Å²) in [5.74, 6) is -1.14. The lowest BCUT2D eigenvalue weighted by Crippen LogP contribution is -2.41. The molecule has 9 heteroatoms. The van der Waals surface area contributed by atoms with E-state index in [2.05, 4.69) is 25.9 Å². The molecule has 8 nitrogen and oxygen atoms in total. The van der Waals surface area contributed by atoms with E-state index >= 15 is 0 Å². The zero-order chi connectivity index (χ0) is 20.7. The third-order valence-electron chi connectivity index (χ3n) is 4.18. The highest BCUT2D eigenvalue weighted by atomic mass is 19.1. The minimum Gasteiger partial charge on any atom is -0.364 e. The lowest BCUT2D eigenvalue weighted by molar-refractivity contribution is -0.122. The summed E-state index contributed by atoms with van der Waals surface area (Å²) in [5, 5.41) is 8.53. The van der Waals surface area contributed by atoms with E-state index in [1.54, 1.807) is 20.0 Å². The van der Waals surface area contributed by atoms with Crippen molar-refractivity contribution in [3.05, 3.63) is 47.2 Å². The summed E-state index contributed by atoms with van der Waals surface area (Å²) in [6, 6.07) is 4.09. The van der Waals surface area contributed by atoms with Crippen molar-refractivity contribution in [2.45, 2.75) is 32.7 Å². The summed E-state index contributed by atoms with van der Waals surface area (Å²) in [6.45, 7) is 4.00. The molecule has 1 unspecified atom stereocenters. The lowest BCUT2D eigenvalue weighted by Gasteiger charge is -2.13. The first-order valence-corrected chi connectivity index (χ1v) is 9.01. The van der Waals surface area contributed by atoms with Crippen LogP contribution in [0.15, 0.2) is 24.4 Å². The van der Waals surface area contributed by atoms with Gasteiger partial charge >= 0.3 is 0 Å². The van der Waals surface area contributed by atoms with Crippen molar-refractivity contribution in [1.82, 2.24) is 20.6 Å². The fraction of sp³-hybridized carbons (Fsp3) is 0.368. The molecule has 2 amide bonds. The molecule has 0 fully saturated rings. The molecular weight excluding hydrogens is 363 g/mol. The average molecular weight is 388 g/mol. The van der Waals surface area contributed by atoms with Crippen LogP contribution >= 0.6 is 0 Å². The molecule has 0 radical (unpaired) electrons. The molecule has 2 rings (SSSR count). The van der Waals surface area contributed by atoms with E-state index in [-0.39, 0.29) is 23.5 Å². The van der Waals surface area contributed by atoms with Crippen LogP contribution in [0.3, 0.4) is 0 Å². The number of benzene rings is 1. The maximum absolute atomic E-state index is 14.0. The van der Waals surface area contributed by atoms with Crippen LogP contribution in [0.1, 0.15) is 35.6 Å². The number of nitrogens with two attached hydrogens (primary N) is 1. The lowest BCUT2D eigenvalue weighted by atomic mass is 10.1. The van der Waals surface area contributed by atoms with E-state index in [0.29, 0.717) is 36.3 Å². The summed E-state index contributed by atoms with van der Waals surface area (Å²) in [4.78, 5) is 31.8. The van der Waals surface area contributed by atoms with Gasteiger partial charge in [-0.2, -0.15) is 0 Å². The Morgan fingerprint density at radius 1 is 1.29 bits per heavy atom. The van der Waals surface area contributed by atoms with Crippen molar-refractivity contribution in [2.24, 2.45) is 5.73 Å². The summed E-state index contributed by atoms with van der Waals surface area (Å²) in [7, 11) is 1.70. The smallest absolute Gasteiger partial charge is 0.271 e. The van der Waals surface area contributed by atoms with Gasteiger partial charge in [0.2, 0.25) is 5.91 Å². The van der Waals surface area contributed by atoms with Gasteiger partial charge in [0, 0.05) is 12.2 Å². The Bertz CT molecular complexity index is 858. The van der Waals surface area contributed by atoms with E-state index in [1.165, 1.54) is 18.3 Å². The number of aryl methyl sites for hydroxylation is 1. The molecule has 0 bridgehead atoms. The van der Waals surface area contributed by atoms with Crippen LogP contribution in [0.4, 0.5) is 15.9 Å². The first-order valence-electron chi connectivity index (χ1n) is 9.01. The van der Waals surface area contributed by atoms with Gasteiger partial charge in [0.25, 0.3) is 5.91 Å². The molecule has 1 aromatic carbocycles. The van der Waals surface area contributed by atoms with Gasteiger partial charge in [-0.05, 0) is 50.6 Å². The van der Waals surface area contributed by atoms with Gasteiger partial charge in [0.15, 0.2) is 11.5 Å². The highest BCUT2D eigenvalue weighted by molar-refractivity contribution is 5.96. The number of likely N-dealkylation sites (N-methyl/N-ethyl adjacent to an activating group) is 1. The van der Waals surface area contributed by atoms with Crippen molar-refractivity contribution in [3.8, 4) is 0 Å². The SMILES string of the molecule is CCc1cnc(Nc2cc(F)cc(CCNC(=O)C(C)NC)c2)c(C(N)=O)n1. The topological polar surface area (TPSA) is 122 Å². The van der Waals surface area contributed by atoms with Crippen molar-refractivity contribution in [1.29, 1.82) is 0 Å². The number of nitrogens with one attached hydrogen (secondary N) is 3. The van der Waals surface area contributed by atoms with E-state index in [4.69, 9.17) is 5.73 Å². The van der Waals surface area contributed by atoms with Gasteiger partial charge in [0.05, 0.1) is 17.9 Å². The number of primary amides is 1. The molecule has 1 atom stereocenters. The molecule has 0 saturated heterocycles. The van der Waals surface area contributed by atoms with Crippen molar-refractivity contribution >= 4 is 23.3 Å². The van der Waals surface area contributed by atoms with Crippen molar-refractivity contribution in [3.63, 3.8) is 0 Å². The molecule has 0 aliphatic carbocycles. The first kappa shape index (κ1) is 21.2. The third-order valence-corrected chi connectivity index (χ3v) is 4.18. The van der Waals surface area contributed by atoms with Crippen LogP contribution in [0, 0.1) is 5.82 Å². The standard InChI is InChI=1S/C19H25FN6O2/c1-4-14-10-24-18(16(25-14)17(21)27)26-15-8-12(7-13(20)9-15)5-6-23-19(28)11(2)22-3/h7-11,22H,4-6H2,1-3H3,(H2,21,27)(H,23,28)(H,24,26). The van der Waals surface area contributed by atoms with Crippen LogP contribution in [-0.2, 0) is 17.6 Å². The number of hydrogen-bond donors (Lipinski definition) is 4. The molecule has 5 N–H and O–H groups in total. The highest BCUT2D eigenvalue weighted by Crippen LogP contribution is 2.20. The van der Waals surface area contributed by atoms with Gasteiger partial charge in [-0.3, -0.25) is 9.59 Å². The summed E-state index contributed by atoms with van der Waals surface area (Å²) in [6.07, 6.45) is 2.58. The Morgan fingerprint density at radius 3 is 2.68 bits per heavy atom. The van der Waals surface area contributed by atoms with Crippen LogP contribution in [0.2, 0.25) is 0 Å². The molecule has 150 valence electrons. The fourth-order valence-corrected chi connectivity index (χ4v) is 2.48. The van der Waals surface area contributed by atoms with Gasteiger partial charge in [0.1, 0.15) is 5.82 Å². The molecule has 0 spiro atoms. The van der Waals surface area contributed by atoms with E-state index in [9.17, 15) is 14.0 Å². The fourth-order valence-electron chi connectivity index (χ4n) is 2.48. The largest absolute Gasteiger partial charge is 0.364 e. The third kappa shape index (κ3) is 5.71. The zero-order valence-corrected chi connectivity index (χ0v) is 16.2. The Kier molecular flexibility index (Phi) is 7.39. The van der Waals surface area contributed by atoms with Crippen LogP contribution < -0.4 is 21.7 Å². The predicted molar refractivity (Wildman–Crippen MR) is 105 cm³/mol. The normalized spacial score (nSPS) is 11.7. The second-order valence-corrected chi connectivity index (χ2v) is 6.30. The predicted octanol–water partition coefficient (Wildman–Crippen LogP) is 1.29. The summed E-state index contributed by atoms with van der Waals surface area (Å²) < 4.78 is 14.0. The minimum absolute atomic E-state index is 0.00141. The molecule has 0 saturated carbocycles. The number of carbonyl (C=O) groups excluding carboxylic acids is 2. The molecule has 1 aromatic heterocycles. The van der Waals surface area contributed by atoms with Crippen LogP contribution in [0.5, 0.6) is 0 Å². The number of anilines is 2. The Balaban J connectivity index is 2.13. The quantitative estimate of drug-likeness (QED) is 0.513. The Morgan fingerprint density at radius 2 is 2.04 bits per heavy atom. The Hall–Kier alpha value is -3.07. The monoisotopic (exact) mass is 388 g/mol. The van der Waals surface area contributed by atoms with Gasteiger partial charge in [-0.1, -0.05) is 6.92 Å². The Labute approximate surface area is 163 Å². The maximum Gasteiger partial charge on any atom is 0.271 e. The summed E-state index contributed by atoms with van der Waals surface area (Å²) >= 11 is 0. The van der Waals surface area contributed by atoms with E-state index in [1.807, 2.05) is 6.92 Å². The number of halogens is 1. The van der Waals surface area contributed by atoms with E-state index < -0.39 is 11.7 Å². The molecule has 28 heavy (non-hydrogen) atoms. The highest BCUT2D eigenvalue weighted by Gasteiger charge is 2.14. The van der Waals surface area contributed by atoms with Gasteiger partial charge in [-0.15, -0.1) is 0 Å². The number of amides is 2. The molecule has 1 heterocycles. The summed E-state index contributed by atoms with van der Waals surface area (Å²) in [5.41, 5.74) is 7.10. The molecule has 2 aromatic rings. The molecule has 0 aliphatic heterocycles. The second kappa shape index (κ2) is 9.75. The number of carbonyl (C=O) groups is 2. The minimum atomic E-state index is -0.719. The number of aromatic nitrogens is 2. The maximum atomic E-state index is 14.0. The zero-order valence-electron chi connectivity index (χ0n) is 16.2. The van der Waals surface area contributed by atoms with Gasteiger partial charge < -0.3 is 21.7 Å².